The van der Waals surface area contributed by atoms with Crippen LogP contribution in [0.1, 0.15) is 101 Å². The Morgan fingerprint density at radius 1 is 0.590 bits per heavy atom. The first-order valence-corrected chi connectivity index (χ1v) is 26.0. The van der Waals surface area contributed by atoms with Gasteiger partial charge in [0.1, 0.15) is 17.0 Å². The molecule has 0 fully saturated rings. The number of hydrogen-bond acceptors (Lipinski definition) is 14. The molecule has 0 radical (unpaired) electrons. The molecule has 83 heavy (non-hydrogen) atoms. The van der Waals surface area contributed by atoms with Crippen LogP contribution in [-0.2, 0) is 58.4 Å². The number of esters is 1. The lowest BCUT2D eigenvalue weighted by Crippen LogP contribution is -2.27. The summed E-state index contributed by atoms with van der Waals surface area (Å²) in [6.45, 7) is 7.34. The van der Waals surface area contributed by atoms with Gasteiger partial charge in [0.2, 0.25) is 17.8 Å². The average molecular weight is 1160 g/mol. The summed E-state index contributed by atoms with van der Waals surface area (Å²) in [5.41, 5.74) is 30.7. The molecule has 2 aliphatic heterocycles. The molecule has 432 valence electrons. The number of ether oxygens (including phenoxy) is 1. The van der Waals surface area contributed by atoms with Crippen molar-refractivity contribution in [1.29, 1.82) is 0 Å². The van der Waals surface area contributed by atoms with Crippen molar-refractivity contribution in [3.8, 4) is 22.3 Å². The molecular weight excluding hydrogens is 1100 g/mol. The molecule has 0 unspecified atom stereocenters. The number of nitrogens with one attached hydrogen (secondary N) is 1. The minimum absolute atomic E-state index is 0. The monoisotopic (exact) mass is 1160 g/mol. The Kier molecular flexibility index (Phi) is 19.7. The summed E-state index contributed by atoms with van der Waals surface area (Å²) < 4.78 is 61.1. The van der Waals surface area contributed by atoms with Gasteiger partial charge in [-0.25, -0.2) is 37.5 Å². The zero-order chi connectivity index (χ0) is 59.0. The molecule has 0 spiro atoms. The lowest BCUT2D eigenvalue weighted by atomic mass is 9.97. The first kappa shape index (κ1) is 61.5. The minimum Gasteiger partial charge on any atom is -0.481 e. The van der Waals surface area contributed by atoms with E-state index in [2.05, 4.69) is 25.3 Å². The maximum Gasteiger partial charge on any atom is 0.306 e. The number of hydrogen-bond donors (Lipinski definition) is 6. The highest BCUT2D eigenvalue weighted by Crippen LogP contribution is 2.34. The van der Waals surface area contributed by atoms with Gasteiger partial charge < -0.3 is 47.9 Å². The van der Waals surface area contributed by atoms with Gasteiger partial charge in [0.25, 0.3) is 11.8 Å². The molecule has 3 amide bonds. The summed E-state index contributed by atoms with van der Waals surface area (Å²) in [5, 5.41) is 11.9. The van der Waals surface area contributed by atoms with Crippen LogP contribution >= 0.6 is 12.4 Å². The minimum atomic E-state index is -1.04. The predicted molar refractivity (Wildman–Crippen MR) is 307 cm³/mol. The van der Waals surface area contributed by atoms with Crippen LogP contribution < -0.4 is 28.3 Å². The number of carboxylic acid groups (broad SMARTS) is 1. The molecule has 0 saturated carbocycles. The lowest BCUT2D eigenvalue weighted by Gasteiger charge is -2.19. The van der Waals surface area contributed by atoms with E-state index in [4.69, 9.17) is 32.8 Å². The van der Waals surface area contributed by atoms with Crippen LogP contribution in [0.15, 0.2) is 109 Å². The SMILES string of the molecule is CC(C)(C)OC(=O)CCCC(=O)O.Cl.NCCC(=O)NCc1cc(F)c(F)cc1-c1ccc2nc(N)nc(C(=O)N3Cc4ccccc4C3)c2c1.NCc1cc(F)c(F)cc1-c1ccc2nc(N)nc(C(=O)N3Cc4ccccc4C3)c2c1. The van der Waals surface area contributed by atoms with Crippen LogP contribution in [0.25, 0.3) is 44.1 Å². The maximum atomic E-state index is 14.3. The topological polar surface area (TPSA) is 289 Å². The molecule has 10 N–H and O–H groups in total. The summed E-state index contributed by atoms with van der Waals surface area (Å²) in [6, 6.07) is 30.0. The number of rotatable bonds is 13. The van der Waals surface area contributed by atoms with E-state index in [-0.39, 0.29) is 98.3 Å². The van der Waals surface area contributed by atoms with Crippen LogP contribution in [0.3, 0.4) is 0 Å². The Morgan fingerprint density at radius 2 is 1.01 bits per heavy atom. The number of aliphatic carboxylic acids is 1. The number of benzene rings is 6. The van der Waals surface area contributed by atoms with Crippen molar-refractivity contribution in [1.82, 2.24) is 35.1 Å². The van der Waals surface area contributed by atoms with Crippen molar-refractivity contribution in [2.24, 2.45) is 11.5 Å². The fourth-order valence-corrected chi connectivity index (χ4v) is 9.43. The third-order valence-corrected chi connectivity index (χ3v) is 13.3. The van der Waals surface area contributed by atoms with Gasteiger partial charge in [-0.1, -0.05) is 60.7 Å². The summed E-state index contributed by atoms with van der Waals surface area (Å²) >= 11 is 0. The first-order chi connectivity index (χ1) is 39.1. The van der Waals surface area contributed by atoms with E-state index in [9.17, 15) is 41.5 Å². The van der Waals surface area contributed by atoms with Crippen LogP contribution in [0.5, 0.6) is 0 Å². The Labute approximate surface area is 480 Å². The fourth-order valence-electron chi connectivity index (χ4n) is 9.43. The third kappa shape index (κ3) is 15.1. The van der Waals surface area contributed by atoms with E-state index in [1.165, 1.54) is 0 Å². The number of carboxylic acids is 1. The quantitative estimate of drug-likeness (QED) is 0.0464. The fraction of sp³-hybridized carbons (Fsp3) is 0.250. The highest BCUT2D eigenvalue weighted by atomic mass is 35.5. The van der Waals surface area contributed by atoms with Crippen molar-refractivity contribution in [2.75, 3.05) is 18.0 Å². The number of nitrogens with zero attached hydrogens (tertiary/aromatic N) is 6. The van der Waals surface area contributed by atoms with E-state index >= 15 is 0 Å². The van der Waals surface area contributed by atoms with Crippen molar-refractivity contribution >= 4 is 75.8 Å². The molecule has 8 aromatic rings. The molecule has 18 nitrogen and oxygen atoms in total. The number of amides is 3. The van der Waals surface area contributed by atoms with E-state index in [0.717, 1.165) is 46.5 Å². The molecule has 0 aliphatic carbocycles. The van der Waals surface area contributed by atoms with Gasteiger partial charge in [0, 0.05) is 75.8 Å². The molecule has 0 bridgehead atoms. The number of anilines is 2. The van der Waals surface area contributed by atoms with Gasteiger partial charge in [-0.2, -0.15) is 0 Å². The third-order valence-electron chi connectivity index (χ3n) is 13.3. The summed E-state index contributed by atoms with van der Waals surface area (Å²) in [4.78, 5) is 80.3. The van der Waals surface area contributed by atoms with E-state index in [1.807, 2.05) is 48.5 Å². The first-order valence-electron chi connectivity index (χ1n) is 26.0. The zero-order valence-corrected chi connectivity index (χ0v) is 46.3. The van der Waals surface area contributed by atoms with Gasteiger partial charge in [-0.05, 0) is 131 Å². The zero-order valence-electron chi connectivity index (χ0n) is 45.5. The summed E-state index contributed by atoms with van der Waals surface area (Å²) in [7, 11) is 0. The van der Waals surface area contributed by atoms with Gasteiger partial charge in [0.05, 0.1) is 11.0 Å². The van der Waals surface area contributed by atoms with E-state index in [0.29, 0.717) is 87.8 Å². The highest BCUT2D eigenvalue weighted by molar-refractivity contribution is 6.07. The maximum absolute atomic E-state index is 14.3. The molecule has 6 aromatic carbocycles. The van der Waals surface area contributed by atoms with Crippen molar-refractivity contribution in [2.45, 2.75) is 91.3 Å². The Balaban J connectivity index is 0.000000197. The van der Waals surface area contributed by atoms with E-state index < -0.39 is 34.8 Å². The second-order valence-corrected chi connectivity index (χ2v) is 20.4. The van der Waals surface area contributed by atoms with E-state index in [1.54, 1.807) is 67.0 Å². The van der Waals surface area contributed by atoms with Crippen LogP contribution in [-0.4, -0.2) is 76.6 Å². The molecule has 10 rings (SSSR count). The average Bonchev–Trinajstić information content (AvgIpc) is 4.27. The second kappa shape index (κ2) is 26.6. The number of halogens is 5. The molecular formula is C60H60ClF4N11O7. The number of nitrogen functional groups attached to an aromatic ring is 2. The predicted octanol–water partition coefficient (Wildman–Crippen LogP) is 9.05. The number of nitrogens with two attached hydrogens (primary N) is 4. The Bertz CT molecular complexity index is 3740. The number of carbonyl (C=O) groups excluding carboxylic acids is 4. The molecule has 2 aliphatic rings. The van der Waals surface area contributed by atoms with Gasteiger partial charge in [-0.15, -0.1) is 12.4 Å². The van der Waals surface area contributed by atoms with Gasteiger partial charge in [-0.3, -0.25) is 24.0 Å². The lowest BCUT2D eigenvalue weighted by molar-refractivity contribution is -0.155. The van der Waals surface area contributed by atoms with Gasteiger partial charge in [0.15, 0.2) is 23.3 Å². The smallest absolute Gasteiger partial charge is 0.306 e. The molecule has 2 aromatic heterocycles. The largest absolute Gasteiger partial charge is 0.481 e. The Hall–Kier alpha value is -9.12. The van der Waals surface area contributed by atoms with Gasteiger partial charge >= 0.3 is 11.9 Å². The van der Waals surface area contributed by atoms with Crippen molar-refractivity contribution in [3.05, 3.63) is 177 Å². The summed E-state index contributed by atoms with van der Waals surface area (Å²) in [5.74, 6) is -6.18. The van der Waals surface area contributed by atoms with Crippen molar-refractivity contribution in [3.63, 3.8) is 0 Å². The molecule has 0 saturated heterocycles. The number of fused-ring (bicyclic) bond motifs is 4. The molecule has 0 atom stereocenters. The van der Waals surface area contributed by atoms with Crippen LogP contribution in [0.4, 0.5) is 29.5 Å². The summed E-state index contributed by atoms with van der Waals surface area (Å²) in [6.07, 6.45) is 0.632. The molecule has 23 heteroatoms. The van der Waals surface area contributed by atoms with Crippen molar-refractivity contribution < 1.29 is 51.4 Å². The number of aromatic nitrogens is 4. The van der Waals surface area contributed by atoms with Crippen LogP contribution in [0, 0.1) is 23.3 Å². The second-order valence-electron chi connectivity index (χ2n) is 20.4. The van der Waals surface area contributed by atoms with Crippen LogP contribution in [0.2, 0.25) is 0 Å². The number of carbonyl (C=O) groups is 5. The molecule has 4 heterocycles. The normalized spacial score (nSPS) is 12.3. The Morgan fingerprint density at radius 3 is 1.42 bits per heavy atom. The standard InChI is InChI=1S/C27H24F2N6O2.C24H19F2N5O.C9H16O4.ClH/c28-21-10-18(12-32-24(36)7-8-30)19(11-22(21)29)15-5-6-23-20(9-15)25(34-27(31)33-23)26(37)35-13-16-3-1-2-4-17(16)14-35;25-19-8-16(10-27)17(9-20(19)26)13-5-6-21-18(7-13)22(30-24(28)29-21)23(32)31-11-14-3-1-2-4-15(14)12-31;1-9(2,3)13-8(12)6-4-5-7(10)11;/h1-6,9-11H,7-8,12-14,30H2,(H,32,36)(H2,31,33,34);1-9H,10-12,27H2,(H2,28,29,30);4-6H2,1-3H3,(H,10,11);1H. The highest BCUT2D eigenvalue weighted by Gasteiger charge is 2.29.